The first kappa shape index (κ1) is 12.2. The Balaban J connectivity index is 2.17. The lowest BCUT2D eigenvalue weighted by atomic mass is 10.1. The number of amides is 1. The quantitative estimate of drug-likeness (QED) is 0.791. The molecule has 0 aromatic carbocycles. The van der Waals surface area contributed by atoms with Crippen LogP contribution in [0.3, 0.4) is 0 Å². The van der Waals surface area contributed by atoms with Crippen molar-refractivity contribution in [3.8, 4) is 0 Å². The van der Waals surface area contributed by atoms with Gasteiger partial charge in [-0.1, -0.05) is 6.92 Å². The minimum absolute atomic E-state index is 0.231. The molecule has 1 amide bonds. The van der Waals surface area contributed by atoms with E-state index in [-0.39, 0.29) is 11.9 Å². The number of carbonyl (C=O) groups is 1. The highest BCUT2D eigenvalue weighted by Crippen LogP contribution is 2.28. The number of rotatable bonds is 3. The van der Waals surface area contributed by atoms with E-state index in [0.717, 1.165) is 19.5 Å². The van der Waals surface area contributed by atoms with Gasteiger partial charge in [-0.2, -0.15) is 0 Å². The summed E-state index contributed by atoms with van der Waals surface area (Å²) < 4.78 is 2.26. The van der Waals surface area contributed by atoms with E-state index >= 15 is 0 Å². The van der Waals surface area contributed by atoms with Crippen molar-refractivity contribution in [3.05, 3.63) is 24.0 Å². The fraction of sp³-hybridized carbons (Fsp3) is 0.615. The van der Waals surface area contributed by atoms with Crippen LogP contribution >= 0.6 is 0 Å². The molecule has 1 aliphatic heterocycles. The molecule has 0 radical (unpaired) electrons. The van der Waals surface area contributed by atoms with Crippen molar-refractivity contribution in [2.24, 2.45) is 0 Å². The van der Waals surface area contributed by atoms with E-state index in [1.165, 1.54) is 5.69 Å². The van der Waals surface area contributed by atoms with Gasteiger partial charge in [0.1, 0.15) is 0 Å². The molecule has 0 spiro atoms. The highest BCUT2D eigenvalue weighted by Gasteiger charge is 2.29. The van der Waals surface area contributed by atoms with Crippen LogP contribution in [0.5, 0.6) is 0 Å². The SMILES string of the molecule is CC[C@@H]1c2cccn2CCN1C(=O)CN(C)C. The third kappa shape index (κ3) is 2.36. The third-order valence-corrected chi connectivity index (χ3v) is 3.32. The summed E-state index contributed by atoms with van der Waals surface area (Å²) in [7, 11) is 3.87. The highest BCUT2D eigenvalue weighted by molar-refractivity contribution is 5.78. The topological polar surface area (TPSA) is 28.5 Å². The molecule has 2 heterocycles. The summed E-state index contributed by atoms with van der Waals surface area (Å²) >= 11 is 0. The molecule has 1 aromatic heterocycles. The predicted molar refractivity (Wildman–Crippen MR) is 67.7 cm³/mol. The van der Waals surface area contributed by atoms with Crippen molar-refractivity contribution >= 4 is 5.91 Å². The summed E-state index contributed by atoms with van der Waals surface area (Å²) in [6.45, 7) is 4.38. The molecule has 2 rings (SSSR count). The highest BCUT2D eigenvalue weighted by atomic mass is 16.2. The molecule has 1 aromatic rings. The molecule has 94 valence electrons. The first-order chi connectivity index (χ1) is 8.13. The van der Waals surface area contributed by atoms with Crippen LogP contribution < -0.4 is 0 Å². The molecule has 0 fully saturated rings. The second kappa shape index (κ2) is 4.92. The molecule has 0 saturated heterocycles. The summed E-state index contributed by atoms with van der Waals surface area (Å²) in [5.41, 5.74) is 1.27. The Bertz CT molecular complexity index is 397. The zero-order valence-electron chi connectivity index (χ0n) is 10.9. The van der Waals surface area contributed by atoms with Gasteiger partial charge in [-0.3, -0.25) is 4.79 Å². The molecular weight excluding hydrogens is 214 g/mol. The predicted octanol–water partition coefficient (Wildman–Crippen LogP) is 1.34. The minimum atomic E-state index is 0.231. The molecule has 0 saturated carbocycles. The Labute approximate surface area is 103 Å². The summed E-state index contributed by atoms with van der Waals surface area (Å²) in [4.78, 5) is 16.1. The lowest BCUT2D eigenvalue weighted by Gasteiger charge is -2.37. The molecule has 1 atom stereocenters. The van der Waals surface area contributed by atoms with Crippen LogP contribution in [0.4, 0.5) is 0 Å². The van der Waals surface area contributed by atoms with Gasteiger partial charge >= 0.3 is 0 Å². The van der Waals surface area contributed by atoms with E-state index < -0.39 is 0 Å². The third-order valence-electron chi connectivity index (χ3n) is 3.32. The largest absolute Gasteiger partial charge is 0.348 e. The van der Waals surface area contributed by atoms with Crippen molar-refractivity contribution in [2.45, 2.75) is 25.9 Å². The normalized spacial score (nSPS) is 19.5. The Morgan fingerprint density at radius 3 is 2.88 bits per heavy atom. The number of aromatic nitrogens is 1. The van der Waals surface area contributed by atoms with Crippen molar-refractivity contribution in [3.63, 3.8) is 0 Å². The summed E-state index contributed by atoms with van der Waals surface area (Å²) in [6, 6.07) is 4.44. The molecule has 0 bridgehead atoms. The number of hydrogen-bond acceptors (Lipinski definition) is 2. The Kier molecular flexibility index (Phi) is 3.52. The maximum Gasteiger partial charge on any atom is 0.237 e. The standard InChI is InChI=1S/C13H21N3O/c1-4-11-12-6-5-7-15(12)8-9-16(11)13(17)10-14(2)3/h5-7,11H,4,8-10H2,1-3H3/t11-/m1/s1. The number of carbonyl (C=O) groups excluding carboxylic acids is 1. The van der Waals surface area contributed by atoms with Gasteiger partial charge in [0.25, 0.3) is 0 Å². The van der Waals surface area contributed by atoms with E-state index in [0.29, 0.717) is 6.54 Å². The van der Waals surface area contributed by atoms with E-state index in [9.17, 15) is 4.79 Å². The van der Waals surface area contributed by atoms with Gasteiger partial charge in [-0.15, -0.1) is 0 Å². The second-order valence-corrected chi connectivity index (χ2v) is 4.88. The van der Waals surface area contributed by atoms with Crippen molar-refractivity contribution in [2.75, 3.05) is 27.2 Å². The fourth-order valence-corrected chi connectivity index (χ4v) is 2.55. The molecule has 0 unspecified atom stereocenters. The molecule has 4 heteroatoms. The van der Waals surface area contributed by atoms with Gasteiger partial charge in [0.2, 0.25) is 5.91 Å². The second-order valence-electron chi connectivity index (χ2n) is 4.88. The van der Waals surface area contributed by atoms with Crippen molar-refractivity contribution in [1.82, 2.24) is 14.4 Å². The van der Waals surface area contributed by atoms with Gasteiger partial charge in [0.05, 0.1) is 12.6 Å². The first-order valence-electron chi connectivity index (χ1n) is 6.22. The molecule has 4 nitrogen and oxygen atoms in total. The molecular formula is C13H21N3O. The van der Waals surface area contributed by atoms with Crippen LogP contribution in [0.15, 0.2) is 18.3 Å². The van der Waals surface area contributed by atoms with E-state index in [1.807, 2.05) is 23.9 Å². The zero-order valence-corrected chi connectivity index (χ0v) is 10.9. The summed E-state index contributed by atoms with van der Waals surface area (Å²) in [5, 5.41) is 0. The fourth-order valence-electron chi connectivity index (χ4n) is 2.55. The van der Waals surface area contributed by atoms with E-state index in [4.69, 9.17) is 0 Å². The van der Waals surface area contributed by atoms with Crippen LogP contribution in [0.1, 0.15) is 25.1 Å². The van der Waals surface area contributed by atoms with Crippen LogP contribution in [-0.2, 0) is 11.3 Å². The average Bonchev–Trinajstić information content (AvgIpc) is 2.74. The number of fused-ring (bicyclic) bond motifs is 1. The van der Waals surface area contributed by atoms with Crippen LogP contribution in [-0.4, -0.2) is 47.5 Å². The van der Waals surface area contributed by atoms with E-state index in [2.05, 4.69) is 29.8 Å². The van der Waals surface area contributed by atoms with E-state index in [1.54, 1.807) is 0 Å². The first-order valence-corrected chi connectivity index (χ1v) is 6.22. The Morgan fingerprint density at radius 1 is 1.47 bits per heavy atom. The van der Waals surface area contributed by atoms with Crippen molar-refractivity contribution in [1.29, 1.82) is 0 Å². The Hall–Kier alpha value is -1.29. The molecule has 17 heavy (non-hydrogen) atoms. The summed E-state index contributed by atoms with van der Waals surface area (Å²) in [6.07, 6.45) is 3.08. The minimum Gasteiger partial charge on any atom is -0.348 e. The lowest BCUT2D eigenvalue weighted by molar-refractivity contribution is -0.135. The maximum absolute atomic E-state index is 12.2. The van der Waals surface area contributed by atoms with Crippen molar-refractivity contribution < 1.29 is 4.79 Å². The average molecular weight is 235 g/mol. The molecule has 0 aliphatic carbocycles. The zero-order chi connectivity index (χ0) is 12.4. The van der Waals surface area contributed by atoms with Crippen LogP contribution in [0.2, 0.25) is 0 Å². The summed E-state index contributed by atoms with van der Waals surface area (Å²) in [5.74, 6) is 0.231. The van der Waals surface area contributed by atoms with Gasteiger partial charge in [0, 0.05) is 25.0 Å². The van der Waals surface area contributed by atoms with Gasteiger partial charge in [-0.25, -0.2) is 0 Å². The molecule has 1 aliphatic rings. The smallest absolute Gasteiger partial charge is 0.237 e. The van der Waals surface area contributed by atoms with Crippen LogP contribution in [0.25, 0.3) is 0 Å². The van der Waals surface area contributed by atoms with Gasteiger partial charge < -0.3 is 14.4 Å². The van der Waals surface area contributed by atoms with Gasteiger partial charge in [-0.05, 0) is 32.6 Å². The van der Waals surface area contributed by atoms with Crippen LogP contribution in [0, 0.1) is 0 Å². The Morgan fingerprint density at radius 2 is 2.24 bits per heavy atom. The lowest BCUT2D eigenvalue weighted by Crippen LogP contribution is -2.45. The number of nitrogens with zero attached hydrogens (tertiary/aromatic N) is 3. The number of hydrogen-bond donors (Lipinski definition) is 0. The molecule has 0 N–H and O–H groups in total. The number of likely N-dealkylation sites (N-methyl/N-ethyl adjacent to an activating group) is 1. The maximum atomic E-state index is 12.2. The van der Waals surface area contributed by atoms with Gasteiger partial charge in [0.15, 0.2) is 0 Å². The monoisotopic (exact) mass is 235 g/mol.